The number of primary amides is 1. The van der Waals surface area contributed by atoms with E-state index >= 15 is 0 Å². The highest BCUT2D eigenvalue weighted by Gasteiger charge is 2.27. The van der Waals surface area contributed by atoms with E-state index < -0.39 is 0 Å². The number of nitrogens with zero attached hydrogens (tertiary/aromatic N) is 3. The molecule has 3 aromatic rings. The van der Waals surface area contributed by atoms with Crippen LogP contribution >= 0.6 is 0 Å². The smallest absolute Gasteiger partial charge is 0.237 e. The number of hydrogen-bond donors (Lipinski definition) is 2. The lowest BCUT2D eigenvalue weighted by atomic mass is 9.96. The zero-order valence-electron chi connectivity index (χ0n) is 15.8. The van der Waals surface area contributed by atoms with Gasteiger partial charge in [-0.3, -0.25) is 9.59 Å². The quantitative estimate of drug-likeness (QED) is 0.687. The zero-order chi connectivity index (χ0) is 19.5. The molecule has 1 aliphatic heterocycles. The van der Waals surface area contributed by atoms with E-state index in [-0.39, 0.29) is 24.3 Å². The summed E-state index contributed by atoms with van der Waals surface area (Å²) in [6, 6.07) is 8.15. The highest BCUT2D eigenvalue weighted by Crippen LogP contribution is 2.27. The van der Waals surface area contributed by atoms with Gasteiger partial charge in [0, 0.05) is 54.9 Å². The second-order valence-corrected chi connectivity index (χ2v) is 7.42. The Morgan fingerprint density at radius 1 is 1.29 bits per heavy atom. The average Bonchev–Trinajstić information content (AvgIpc) is 3.32. The summed E-state index contributed by atoms with van der Waals surface area (Å²) in [5, 5.41) is 1.18. The van der Waals surface area contributed by atoms with Gasteiger partial charge in [-0.25, -0.2) is 4.98 Å². The monoisotopic (exact) mass is 379 g/mol. The maximum Gasteiger partial charge on any atom is 0.237 e. The van der Waals surface area contributed by atoms with Crippen LogP contribution < -0.4 is 5.73 Å². The van der Waals surface area contributed by atoms with Crippen molar-refractivity contribution in [1.82, 2.24) is 19.4 Å². The van der Waals surface area contributed by atoms with Crippen LogP contribution in [0.3, 0.4) is 0 Å². The number of aryl methyl sites for hydroxylation is 1. The van der Waals surface area contributed by atoms with Gasteiger partial charge in [0.2, 0.25) is 11.8 Å². The average molecular weight is 379 g/mol. The predicted octanol–water partition coefficient (Wildman–Crippen LogP) is 2.19. The molecule has 3 N–H and O–H groups in total. The number of carbonyl (C=O) groups excluding carboxylic acids is 2. The molecule has 0 unspecified atom stereocenters. The van der Waals surface area contributed by atoms with Crippen molar-refractivity contribution in [2.75, 3.05) is 13.1 Å². The van der Waals surface area contributed by atoms with E-state index in [1.807, 2.05) is 29.3 Å². The van der Waals surface area contributed by atoms with Gasteiger partial charge in [0.1, 0.15) is 12.4 Å². The molecule has 0 aliphatic carbocycles. The molecular weight excluding hydrogens is 354 g/mol. The summed E-state index contributed by atoms with van der Waals surface area (Å²) in [6.45, 7) is 1.54. The molecule has 7 heteroatoms. The predicted molar refractivity (Wildman–Crippen MR) is 107 cm³/mol. The van der Waals surface area contributed by atoms with Crippen molar-refractivity contribution in [3.05, 3.63) is 54.2 Å². The van der Waals surface area contributed by atoms with E-state index in [0.717, 1.165) is 37.1 Å². The number of benzene rings is 1. The first-order valence-corrected chi connectivity index (χ1v) is 9.74. The Balaban J connectivity index is 1.40. The maximum atomic E-state index is 12.8. The number of para-hydroxylation sites is 1. The Hall–Kier alpha value is -3.09. The Morgan fingerprint density at radius 3 is 3.00 bits per heavy atom. The van der Waals surface area contributed by atoms with Gasteiger partial charge in [-0.2, -0.15) is 0 Å². The lowest BCUT2D eigenvalue weighted by Crippen LogP contribution is -2.40. The van der Waals surface area contributed by atoms with E-state index in [9.17, 15) is 9.59 Å². The molecule has 0 spiro atoms. The highest BCUT2D eigenvalue weighted by molar-refractivity contribution is 5.84. The summed E-state index contributed by atoms with van der Waals surface area (Å²) in [5.41, 5.74) is 7.61. The number of nitrogens with two attached hydrogens (primary N) is 1. The molecule has 0 saturated carbocycles. The van der Waals surface area contributed by atoms with Crippen molar-refractivity contribution in [3.63, 3.8) is 0 Å². The van der Waals surface area contributed by atoms with Gasteiger partial charge < -0.3 is 20.2 Å². The van der Waals surface area contributed by atoms with E-state index in [2.05, 4.69) is 16.0 Å². The van der Waals surface area contributed by atoms with E-state index in [1.54, 1.807) is 17.0 Å². The second-order valence-electron chi connectivity index (χ2n) is 7.42. The Kier molecular flexibility index (Phi) is 5.14. The lowest BCUT2D eigenvalue weighted by Gasteiger charge is -2.32. The standard InChI is InChI=1S/C21H25N5O2/c22-19(27)14-26-11-9-23-21(26)16-4-3-10-25(13-16)20(28)8-7-15-12-24-18-6-2-1-5-17(15)18/h1-2,5-6,9,11-12,16,24H,3-4,7-8,10,13-14H2,(H2,22,27)/t16-/m0/s1. The number of imidazole rings is 1. The number of rotatable bonds is 6. The number of nitrogens with one attached hydrogen (secondary N) is 1. The molecule has 1 aliphatic rings. The first kappa shape index (κ1) is 18.3. The largest absolute Gasteiger partial charge is 0.368 e. The third-order valence-electron chi connectivity index (χ3n) is 5.50. The first-order chi connectivity index (χ1) is 13.6. The fourth-order valence-corrected chi connectivity index (χ4v) is 4.13. The van der Waals surface area contributed by atoms with Crippen LogP contribution in [0.25, 0.3) is 10.9 Å². The molecule has 1 saturated heterocycles. The van der Waals surface area contributed by atoms with Crippen LogP contribution in [-0.2, 0) is 22.6 Å². The van der Waals surface area contributed by atoms with Crippen molar-refractivity contribution >= 4 is 22.7 Å². The Morgan fingerprint density at radius 2 is 2.14 bits per heavy atom. The number of carbonyl (C=O) groups is 2. The van der Waals surface area contributed by atoms with Gasteiger partial charge in [-0.05, 0) is 30.9 Å². The number of fused-ring (bicyclic) bond motifs is 1. The number of aromatic amines is 1. The number of aromatic nitrogens is 3. The minimum atomic E-state index is -0.387. The topological polar surface area (TPSA) is 97.0 Å². The Labute approximate surface area is 163 Å². The van der Waals surface area contributed by atoms with Crippen LogP contribution in [0.1, 0.15) is 36.6 Å². The highest BCUT2D eigenvalue weighted by atomic mass is 16.2. The van der Waals surface area contributed by atoms with Crippen LogP contribution in [0.5, 0.6) is 0 Å². The van der Waals surface area contributed by atoms with Crippen molar-refractivity contribution in [2.45, 2.75) is 38.1 Å². The summed E-state index contributed by atoms with van der Waals surface area (Å²) in [5.74, 6) is 0.762. The fraction of sp³-hybridized carbons (Fsp3) is 0.381. The Bertz CT molecular complexity index is 990. The van der Waals surface area contributed by atoms with Crippen LogP contribution in [0.15, 0.2) is 42.9 Å². The summed E-state index contributed by atoms with van der Waals surface area (Å²) in [7, 11) is 0. The SMILES string of the molecule is NC(=O)Cn1ccnc1[C@H]1CCCN(C(=O)CCc2c[nH]c3ccccc23)C1. The number of H-pyrrole nitrogens is 1. The van der Waals surface area contributed by atoms with Crippen molar-refractivity contribution < 1.29 is 9.59 Å². The van der Waals surface area contributed by atoms with Gasteiger partial charge in [-0.15, -0.1) is 0 Å². The molecule has 1 atom stereocenters. The normalized spacial score (nSPS) is 17.1. The van der Waals surface area contributed by atoms with Crippen LogP contribution in [0.2, 0.25) is 0 Å². The summed E-state index contributed by atoms with van der Waals surface area (Å²) < 4.78 is 1.80. The van der Waals surface area contributed by atoms with Gasteiger partial charge in [-0.1, -0.05) is 18.2 Å². The van der Waals surface area contributed by atoms with Gasteiger partial charge in [0.05, 0.1) is 0 Å². The number of likely N-dealkylation sites (tertiary alicyclic amines) is 1. The van der Waals surface area contributed by atoms with Crippen molar-refractivity contribution in [3.8, 4) is 0 Å². The summed E-state index contributed by atoms with van der Waals surface area (Å²) in [4.78, 5) is 33.7. The number of amides is 2. The molecule has 1 aromatic carbocycles. The number of hydrogen-bond acceptors (Lipinski definition) is 3. The first-order valence-electron chi connectivity index (χ1n) is 9.74. The van der Waals surface area contributed by atoms with Crippen molar-refractivity contribution in [2.24, 2.45) is 5.73 Å². The molecular formula is C21H25N5O2. The van der Waals surface area contributed by atoms with E-state index in [4.69, 9.17) is 5.73 Å². The third-order valence-corrected chi connectivity index (χ3v) is 5.50. The lowest BCUT2D eigenvalue weighted by molar-refractivity contribution is -0.132. The zero-order valence-corrected chi connectivity index (χ0v) is 15.8. The van der Waals surface area contributed by atoms with Gasteiger partial charge in [0.25, 0.3) is 0 Å². The molecule has 2 amide bonds. The summed E-state index contributed by atoms with van der Waals surface area (Å²) in [6.07, 6.45) is 8.57. The minimum absolute atomic E-state index is 0.125. The molecule has 28 heavy (non-hydrogen) atoms. The molecule has 2 aromatic heterocycles. The van der Waals surface area contributed by atoms with E-state index in [0.29, 0.717) is 13.0 Å². The van der Waals surface area contributed by atoms with E-state index in [1.165, 1.54) is 10.9 Å². The molecule has 0 radical (unpaired) electrons. The minimum Gasteiger partial charge on any atom is -0.368 e. The van der Waals surface area contributed by atoms with Crippen LogP contribution in [0.4, 0.5) is 0 Å². The molecule has 7 nitrogen and oxygen atoms in total. The van der Waals surface area contributed by atoms with Crippen LogP contribution in [-0.4, -0.2) is 44.3 Å². The van der Waals surface area contributed by atoms with Gasteiger partial charge in [0.15, 0.2) is 0 Å². The summed E-state index contributed by atoms with van der Waals surface area (Å²) >= 11 is 0. The molecule has 146 valence electrons. The fourth-order valence-electron chi connectivity index (χ4n) is 4.13. The number of piperidine rings is 1. The van der Waals surface area contributed by atoms with Crippen LogP contribution in [0, 0.1) is 0 Å². The van der Waals surface area contributed by atoms with Gasteiger partial charge >= 0.3 is 0 Å². The third kappa shape index (κ3) is 3.78. The molecule has 3 heterocycles. The van der Waals surface area contributed by atoms with Crippen molar-refractivity contribution in [1.29, 1.82) is 0 Å². The maximum absolute atomic E-state index is 12.8. The molecule has 0 bridgehead atoms. The second kappa shape index (κ2) is 7.88. The molecule has 1 fully saturated rings. The molecule has 4 rings (SSSR count).